The lowest BCUT2D eigenvalue weighted by atomic mass is 10.1. The van der Waals surface area contributed by atoms with Crippen molar-refractivity contribution in [3.8, 4) is 5.75 Å². The van der Waals surface area contributed by atoms with Gasteiger partial charge in [-0.3, -0.25) is 9.59 Å². The predicted molar refractivity (Wildman–Crippen MR) is 102 cm³/mol. The number of ether oxygens (including phenoxy) is 1. The highest BCUT2D eigenvalue weighted by atomic mass is 16.5. The fourth-order valence-electron chi connectivity index (χ4n) is 3.12. The average Bonchev–Trinajstić information content (AvgIpc) is 3.08. The molecule has 1 heterocycles. The van der Waals surface area contributed by atoms with E-state index in [2.05, 4.69) is 5.32 Å². The minimum Gasteiger partial charge on any atom is -0.494 e. The minimum atomic E-state index is -0.153. The summed E-state index contributed by atoms with van der Waals surface area (Å²) in [4.78, 5) is 26.3. The molecule has 2 aromatic carbocycles. The van der Waals surface area contributed by atoms with Crippen LogP contribution in [0.2, 0.25) is 0 Å². The van der Waals surface area contributed by atoms with E-state index in [-0.39, 0.29) is 17.9 Å². The van der Waals surface area contributed by atoms with Crippen molar-refractivity contribution in [3.05, 3.63) is 59.7 Å². The summed E-state index contributed by atoms with van der Waals surface area (Å²) in [6, 6.07) is 14.8. The van der Waals surface area contributed by atoms with E-state index in [4.69, 9.17) is 4.74 Å². The molecular formula is C21H24N2O3. The Morgan fingerprint density at radius 1 is 1.23 bits per heavy atom. The lowest BCUT2D eigenvalue weighted by Gasteiger charge is -2.18. The van der Waals surface area contributed by atoms with Crippen molar-refractivity contribution in [1.29, 1.82) is 0 Å². The number of nitrogens with zero attached hydrogens (tertiary/aromatic N) is 1. The molecule has 1 aliphatic heterocycles. The van der Waals surface area contributed by atoms with Crippen LogP contribution in [0.3, 0.4) is 0 Å². The second kappa shape index (κ2) is 8.04. The maximum absolute atomic E-state index is 12.6. The second-order valence-electron chi connectivity index (χ2n) is 6.40. The van der Waals surface area contributed by atoms with E-state index in [1.165, 1.54) is 0 Å². The second-order valence-corrected chi connectivity index (χ2v) is 6.40. The van der Waals surface area contributed by atoms with Crippen LogP contribution in [0.15, 0.2) is 48.5 Å². The van der Waals surface area contributed by atoms with Gasteiger partial charge >= 0.3 is 0 Å². The molecule has 136 valence electrons. The summed E-state index contributed by atoms with van der Waals surface area (Å²) in [6.07, 6.45) is 1.44. The van der Waals surface area contributed by atoms with Crippen LogP contribution >= 0.6 is 0 Å². The molecule has 3 rings (SSSR count). The molecule has 1 atom stereocenters. The molecule has 0 aliphatic carbocycles. The van der Waals surface area contributed by atoms with Crippen LogP contribution in [0.5, 0.6) is 5.75 Å². The molecule has 0 bridgehead atoms. The number of hydrogen-bond acceptors (Lipinski definition) is 3. The Hall–Kier alpha value is -2.82. The zero-order valence-electron chi connectivity index (χ0n) is 15.2. The Bertz CT molecular complexity index is 786. The van der Waals surface area contributed by atoms with E-state index in [9.17, 15) is 9.59 Å². The molecule has 5 nitrogen and oxygen atoms in total. The van der Waals surface area contributed by atoms with Crippen molar-refractivity contribution in [1.82, 2.24) is 5.32 Å². The minimum absolute atomic E-state index is 0.116. The third kappa shape index (κ3) is 4.04. The molecular weight excluding hydrogens is 328 g/mol. The van der Waals surface area contributed by atoms with Crippen LogP contribution in [0, 0.1) is 0 Å². The Kier molecular flexibility index (Phi) is 5.56. The van der Waals surface area contributed by atoms with Gasteiger partial charge in [0.15, 0.2) is 0 Å². The maximum Gasteiger partial charge on any atom is 0.251 e. The lowest BCUT2D eigenvalue weighted by Crippen LogP contribution is -2.27. The first-order valence-electron chi connectivity index (χ1n) is 9.02. The van der Waals surface area contributed by atoms with Crippen LogP contribution in [0.25, 0.3) is 0 Å². The molecule has 1 N–H and O–H groups in total. The molecule has 0 spiro atoms. The number of anilines is 1. The van der Waals surface area contributed by atoms with Gasteiger partial charge in [0, 0.05) is 24.2 Å². The number of rotatable bonds is 6. The number of carbonyl (C=O) groups excluding carboxylic acids is 2. The molecule has 1 saturated heterocycles. The summed E-state index contributed by atoms with van der Waals surface area (Å²) in [7, 11) is 0. The highest BCUT2D eigenvalue weighted by Gasteiger charge is 2.22. The van der Waals surface area contributed by atoms with Crippen LogP contribution < -0.4 is 15.0 Å². The van der Waals surface area contributed by atoms with Crippen molar-refractivity contribution in [3.63, 3.8) is 0 Å². The fraction of sp³-hybridized carbons (Fsp3) is 0.333. The summed E-state index contributed by atoms with van der Waals surface area (Å²) in [5.74, 6) is 0.781. The molecule has 2 amide bonds. The van der Waals surface area contributed by atoms with Crippen molar-refractivity contribution in [2.45, 2.75) is 32.7 Å². The van der Waals surface area contributed by atoms with Gasteiger partial charge in [0.25, 0.3) is 5.91 Å². The largest absolute Gasteiger partial charge is 0.494 e. The highest BCUT2D eigenvalue weighted by molar-refractivity contribution is 5.99. The van der Waals surface area contributed by atoms with Gasteiger partial charge in [-0.15, -0.1) is 0 Å². The Morgan fingerprint density at radius 3 is 2.65 bits per heavy atom. The third-order valence-electron chi connectivity index (χ3n) is 4.53. The van der Waals surface area contributed by atoms with E-state index < -0.39 is 0 Å². The Balaban J connectivity index is 1.68. The zero-order chi connectivity index (χ0) is 18.5. The third-order valence-corrected chi connectivity index (χ3v) is 4.53. The van der Waals surface area contributed by atoms with Crippen molar-refractivity contribution in [2.75, 3.05) is 18.1 Å². The van der Waals surface area contributed by atoms with E-state index in [1.807, 2.05) is 50.2 Å². The molecule has 1 unspecified atom stereocenters. The average molecular weight is 352 g/mol. The summed E-state index contributed by atoms with van der Waals surface area (Å²) in [6.45, 7) is 5.23. The SMILES string of the molecule is CCOc1ccc(C(C)NC(=O)c2cccc(N3CCCC3=O)c2)cc1. The molecule has 2 aromatic rings. The fourth-order valence-corrected chi connectivity index (χ4v) is 3.12. The van der Waals surface area contributed by atoms with Crippen LogP contribution in [-0.4, -0.2) is 25.0 Å². The van der Waals surface area contributed by atoms with Gasteiger partial charge in [-0.25, -0.2) is 0 Å². The monoisotopic (exact) mass is 352 g/mol. The number of hydrogen-bond donors (Lipinski definition) is 1. The molecule has 5 heteroatoms. The van der Waals surface area contributed by atoms with Gasteiger partial charge in [-0.1, -0.05) is 18.2 Å². The molecule has 0 saturated carbocycles. The maximum atomic E-state index is 12.6. The molecule has 0 aromatic heterocycles. The zero-order valence-corrected chi connectivity index (χ0v) is 15.2. The quantitative estimate of drug-likeness (QED) is 0.862. The molecule has 1 aliphatic rings. The standard InChI is InChI=1S/C21H24N2O3/c1-3-26-19-11-9-16(10-12-19)15(2)22-21(25)17-6-4-7-18(14-17)23-13-5-8-20(23)24/h4,6-7,9-12,14-15H,3,5,8,13H2,1-2H3,(H,22,25). The lowest BCUT2D eigenvalue weighted by molar-refractivity contribution is -0.117. The first kappa shape index (κ1) is 18.0. The van der Waals surface area contributed by atoms with E-state index in [0.29, 0.717) is 25.1 Å². The van der Waals surface area contributed by atoms with Gasteiger partial charge in [-0.05, 0) is 56.2 Å². The smallest absolute Gasteiger partial charge is 0.251 e. The summed E-state index contributed by atoms with van der Waals surface area (Å²) in [5, 5.41) is 3.01. The van der Waals surface area contributed by atoms with E-state index >= 15 is 0 Å². The molecule has 26 heavy (non-hydrogen) atoms. The van der Waals surface area contributed by atoms with Crippen LogP contribution in [-0.2, 0) is 4.79 Å². The number of carbonyl (C=O) groups is 2. The topological polar surface area (TPSA) is 58.6 Å². The summed E-state index contributed by atoms with van der Waals surface area (Å²) >= 11 is 0. The summed E-state index contributed by atoms with van der Waals surface area (Å²) in [5.41, 5.74) is 2.35. The van der Waals surface area contributed by atoms with Gasteiger partial charge < -0.3 is 15.0 Å². The van der Waals surface area contributed by atoms with E-state index in [0.717, 1.165) is 23.4 Å². The van der Waals surface area contributed by atoms with Crippen molar-refractivity contribution < 1.29 is 14.3 Å². The van der Waals surface area contributed by atoms with Crippen molar-refractivity contribution in [2.24, 2.45) is 0 Å². The number of nitrogens with one attached hydrogen (secondary N) is 1. The van der Waals surface area contributed by atoms with Crippen LogP contribution in [0.1, 0.15) is 48.7 Å². The van der Waals surface area contributed by atoms with Gasteiger partial charge in [0.1, 0.15) is 5.75 Å². The van der Waals surface area contributed by atoms with Gasteiger partial charge in [0.2, 0.25) is 5.91 Å². The Labute approximate surface area is 154 Å². The Morgan fingerprint density at radius 2 is 2.00 bits per heavy atom. The van der Waals surface area contributed by atoms with Gasteiger partial charge in [0.05, 0.1) is 12.6 Å². The first-order valence-corrected chi connectivity index (χ1v) is 9.02. The highest BCUT2D eigenvalue weighted by Crippen LogP contribution is 2.23. The molecule has 1 fully saturated rings. The van der Waals surface area contributed by atoms with Crippen molar-refractivity contribution >= 4 is 17.5 Å². The predicted octanol–water partition coefficient (Wildman–Crippen LogP) is 3.70. The first-order chi connectivity index (χ1) is 12.6. The summed E-state index contributed by atoms with van der Waals surface area (Å²) < 4.78 is 5.44. The number of amides is 2. The normalized spacial score (nSPS) is 15.0. The molecule has 0 radical (unpaired) electrons. The van der Waals surface area contributed by atoms with Gasteiger partial charge in [-0.2, -0.15) is 0 Å². The van der Waals surface area contributed by atoms with Crippen LogP contribution in [0.4, 0.5) is 5.69 Å². The van der Waals surface area contributed by atoms with E-state index in [1.54, 1.807) is 17.0 Å². The number of benzene rings is 2.